The molecule has 0 aliphatic carbocycles. The van der Waals surface area contributed by atoms with Gasteiger partial charge in [0.1, 0.15) is 6.04 Å². The number of carbonyl (C=O) groups is 3. The molecule has 0 spiro atoms. The molecule has 0 aliphatic rings. The summed E-state index contributed by atoms with van der Waals surface area (Å²) in [5.41, 5.74) is 0.578. The Morgan fingerprint density at radius 2 is 2.17 bits per heavy atom. The summed E-state index contributed by atoms with van der Waals surface area (Å²) >= 11 is 0. The molecule has 0 bridgehead atoms. The molecule has 1 atom stereocenters. The van der Waals surface area contributed by atoms with Crippen molar-refractivity contribution in [2.75, 3.05) is 7.11 Å². The van der Waals surface area contributed by atoms with Crippen LogP contribution in [0.4, 0.5) is 0 Å². The molecule has 0 fully saturated rings. The van der Waals surface area contributed by atoms with E-state index in [0.29, 0.717) is 5.56 Å². The summed E-state index contributed by atoms with van der Waals surface area (Å²) in [7, 11) is 1.14. The number of aliphatic carboxylic acids is 1. The Kier molecular flexibility index (Phi) is 4.47. The lowest BCUT2D eigenvalue weighted by atomic mass is 10.2. The number of carboxylic acids is 1. The summed E-state index contributed by atoms with van der Waals surface area (Å²) in [6, 6.07) is 0.222. The van der Waals surface area contributed by atoms with E-state index in [2.05, 4.69) is 10.1 Å². The average molecular weight is 255 g/mol. The molecule has 7 heteroatoms. The number of furan rings is 1. The number of hydrogen-bond acceptors (Lipinski definition) is 5. The minimum Gasteiger partial charge on any atom is -0.480 e. The molecule has 0 aromatic carbocycles. The van der Waals surface area contributed by atoms with Crippen molar-refractivity contribution in [3.8, 4) is 0 Å². The Morgan fingerprint density at radius 1 is 1.50 bits per heavy atom. The van der Waals surface area contributed by atoms with E-state index in [4.69, 9.17) is 9.52 Å². The summed E-state index contributed by atoms with van der Waals surface area (Å²) < 4.78 is 9.27. The molecular weight excluding hydrogens is 242 g/mol. The van der Waals surface area contributed by atoms with Crippen molar-refractivity contribution in [2.45, 2.75) is 19.4 Å². The molecule has 1 aromatic heterocycles. The van der Waals surface area contributed by atoms with Gasteiger partial charge in [0.15, 0.2) is 5.76 Å². The molecule has 0 saturated carbocycles. The van der Waals surface area contributed by atoms with E-state index in [1.165, 1.54) is 6.26 Å². The summed E-state index contributed by atoms with van der Waals surface area (Å²) in [5.74, 6) is -2.71. The summed E-state index contributed by atoms with van der Waals surface area (Å²) in [6.07, 6.45) is 0.873. The van der Waals surface area contributed by atoms with E-state index in [9.17, 15) is 14.4 Å². The van der Waals surface area contributed by atoms with Gasteiger partial charge in [0, 0.05) is 5.56 Å². The number of esters is 1. The average Bonchev–Trinajstić information content (AvgIpc) is 2.74. The van der Waals surface area contributed by atoms with E-state index in [-0.39, 0.29) is 5.76 Å². The number of nitrogens with one attached hydrogen (secondary N) is 1. The lowest BCUT2D eigenvalue weighted by Gasteiger charge is -2.12. The number of methoxy groups -OCH3 is 1. The predicted octanol–water partition coefficient (Wildman–Crippen LogP) is 0.334. The van der Waals surface area contributed by atoms with Gasteiger partial charge in [0.2, 0.25) is 0 Å². The van der Waals surface area contributed by atoms with Crippen LogP contribution in [-0.4, -0.2) is 36.1 Å². The number of amides is 1. The molecule has 98 valence electrons. The van der Waals surface area contributed by atoms with Crippen molar-refractivity contribution in [3.05, 3.63) is 23.7 Å². The number of carboxylic acid groups (broad SMARTS) is 1. The van der Waals surface area contributed by atoms with Gasteiger partial charge in [-0.2, -0.15) is 0 Å². The number of rotatable bonds is 5. The van der Waals surface area contributed by atoms with Crippen LogP contribution in [0.5, 0.6) is 0 Å². The molecule has 1 amide bonds. The first-order valence-corrected chi connectivity index (χ1v) is 5.10. The minimum atomic E-state index is -1.35. The Hall–Kier alpha value is -2.31. The highest BCUT2D eigenvalue weighted by molar-refractivity contribution is 5.96. The molecule has 1 aromatic rings. The lowest BCUT2D eigenvalue weighted by Crippen LogP contribution is -2.42. The highest BCUT2D eigenvalue weighted by Gasteiger charge is 2.25. The molecule has 0 aliphatic heterocycles. The van der Waals surface area contributed by atoms with Crippen molar-refractivity contribution < 1.29 is 28.6 Å². The van der Waals surface area contributed by atoms with Gasteiger partial charge < -0.3 is 19.6 Å². The van der Waals surface area contributed by atoms with E-state index < -0.39 is 30.3 Å². The van der Waals surface area contributed by atoms with E-state index in [1.807, 2.05) is 0 Å². The number of carbonyl (C=O) groups excluding carboxylic acids is 2. The molecule has 2 N–H and O–H groups in total. The van der Waals surface area contributed by atoms with Crippen molar-refractivity contribution in [3.63, 3.8) is 0 Å². The third kappa shape index (κ3) is 3.34. The van der Waals surface area contributed by atoms with Crippen LogP contribution >= 0.6 is 0 Å². The van der Waals surface area contributed by atoms with Crippen LogP contribution < -0.4 is 5.32 Å². The molecule has 0 unspecified atom stereocenters. The molecule has 0 saturated heterocycles. The quantitative estimate of drug-likeness (QED) is 0.734. The van der Waals surface area contributed by atoms with E-state index in [1.54, 1.807) is 13.0 Å². The highest BCUT2D eigenvalue weighted by atomic mass is 16.5. The first kappa shape index (κ1) is 13.8. The SMILES string of the molecule is COC(=O)C[C@H](NC(=O)c1occc1C)C(=O)O. The second kappa shape index (κ2) is 5.85. The van der Waals surface area contributed by atoms with Gasteiger partial charge in [-0.3, -0.25) is 9.59 Å². The van der Waals surface area contributed by atoms with Gasteiger partial charge >= 0.3 is 11.9 Å². The fourth-order valence-electron chi connectivity index (χ4n) is 1.28. The third-order valence-corrected chi connectivity index (χ3v) is 2.27. The zero-order chi connectivity index (χ0) is 13.7. The van der Waals surface area contributed by atoms with Crippen LogP contribution in [0, 0.1) is 6.92 Å². The smallest absolute Gasteiger partial charge is 0.326 e. The topological polar surface area (TPSA) is 106 Å². The summed E-state index contributed by atoms with van der Waals surface area (Å²) in [6.45, 7) is 1.65. The van der Waals surface area contributed by atoms with Crippen LogP contribution in [0.1, 0.15) is 22.5 Å². The maximum absolute atomic E-state index is 11.7. The second-order valence-electron chi connectivity index (χ2n) is 3.58. The maximum atomic E-state index is 11.7. The summed E-state index contributed by atoms with van der Waals surface area (Å²) in [4.78, 5) is 33.6. The van der Waals surface area contributed by atoms with Gasteiger partial charge in [0.25, 0.3) is 5.91 Å². The van der Waals surface area contributed by atoms with Crippen molar-refractivity contribution >= 4 is 17.8 Å². The van der Waals surface area contributed by atoms with Gasteiger partial charge in [-0.25, -0.2) is 4.79 Å². The fraction of sp³-hybridized carbons (Fsp3) is 0.364. The number of hydrogen-bond donors (Lipinski definition) is 2. The Labute approximate surface area is 103 Å². The summed E-state index contributed by atoms with van der Waals surface area (Å²) in [5, 5.41) is 11.1. The highest BCUT2D eigenvalue weighted by Crippen LogP contribution is 2.09. The Balaban J connectivity index is 2.73. The third-order valence-electron chi connectivity index (χ3n) is 2.27. The molecule has 0 radical (unpaired) electrons. The van der Waals surface area contributed by atoms with E-state index in [0.717, 1.165) is 7.11 Å². The first-order valence-electron chi connectivity index (χ1n) is 5.10. The molecule has 1 heterocycles. The van der Waals surface area contributed by atoms with Crippen LogP contribution in [0.15, 0.2) is 16.7 Å². The Morgan fingerprint density at radius 3 is 2.61 bits per heavy atom. The van der Waals surface area contributed by atoms with E-state index >= 15 is 0 Å². The van der Waals surface area contributed by atoms with Gasteiger partial charge in [0.05, 0.1) is 19.8 Å². The monoisotopic (exact) mass is 255 g/mol. The van der Waals surface area contributed by atoms with Crippen LogP contribution in [0.25, 0.3) is 0 Å². The minimum absolute atomic E-state index is 0.0196. The zero-order valence-electron chi connectivity index (χ0n) is 9.93. The van der Waals surface area contributed by atoms with Crippen molar-refractivity contribution in [1.29, 1.82) is 0 Å². The first-order chi connectivity index (χ1) is 8.45. The Bertz CT molecular complexity index is 464. The van der Waals surface area contributed by atoms with Gasteiger partial charge in [-0.1, -0.05) is 0 Å². The van der Waals surface area contributed by atoms with Crippen molar-refractivity contribution in [1.82, 2.24) is 5.32 Å². The zero-order valence-corrected chi connectivity index (χ0v) is 9.93. The lowest BCUT2D eigenvalue weighted by molar-refractivity contribution is -0.147. The molecule has 1 rings (SSSR count). The normalized spacial score (nSPS) is 11.7. The largest absolute Gasteiger partial charge is 0.480 e. The second-order valence-corrected chi connectivity index (χ2v) is 3.58. The molecular formula is C11H13NO6. The van der Waals surface area contributed by atoms with Gasteiger partial charge in [-0.15, -0.1) is 0 Å². The molecule has 18 heavy (non-hydrogen) atoms. The number of aryl methyl sites for hydroxylation is 1. The molecule has 7 nitrogen and oxygen atoms in total. The van der Waals surface area contributed by atoms with Gasteiger partial charge in [-0.05, 0) is 13.0 Å². The van der Waals surface area contributed by atoms with Crippen LogP contribution in [0.2, 0.25) is 0 Å². The van der Waals surface area contributed by atoms with Crippen LogP contribution in [-0.2, 0) is 14.3 Å². The predicted molar refractivity (Wildman–Crippen MR) is 59.0 cm³/mol. The van der Waals surface area contributed by atoms with Crippen LogP contribution in [0.3, 0.4) is 0 Å². The number of ether oxygens (including phenoxy) is 1. The van der Waals surface area contributed by atoms with Crippen molar-refractivity contribution in [2.24, 2.45) is 0 Å². The fourth-order valence-corrected chi connectivity index (χ4v) is 1.28. The maximum Gasteiger partial charge on any atom is 0.326 e. The standard InChI is InChI=1S/C11H13NO6/c1-6-3-4-18-9(6)10(14)12-7(11(15)16)5-8(13)17-2/h3-4,7H,5H2,1-2H3,(H,12,14)(H,15,16)/t7-/m0/s1.